The van der Waals surface area contributed by atoms with Gasteiger partial charge in [0.25, 0.3) is 11.6 Å². The Labute approximate surface area is 143 Å². The zero-order valence-corrected chi connectivity index (χ0v) is 13.0. The second kappa shape index (κ2) is 7.70. The molecule has 0 aliphatic rings. The van der Waals surface area contributed by atoms with Gasteiger partial charge in [-0.05, 0) is 17.7 Å². The van der Waals surface area contributed by atoms with E-state index < -0.39 is 22.8 Å². The van der Waals surface area contributed by atoms with E-state index in [9.17, 15) is 19.7 Å². The van der Waals surface area contributed by atoms with Crippen LogP contribution in [0, 0.1) is 21.4 Å². The molecule has 0 unspecified atom stereocenters. The van der Waals surface area contributed by atoms with Crippen molar-refractivity contribution in [1.82, 2.24) is 5.32 Å². The van der Waals surface area contributed by atoms with Crippen LogP contribution in [0.4, 0.5) is 5.69 Å². The van der Waals surface area contributed by atoms with E-state index in [1.807, 2.05) is 6.07 Å². The number of nitro benzene ring substituents is 1. The molecule has 0 heterocycles. The summed E-state index contributed by atoms with van der Waals surface area (Å²) in [4.78, 5) is 34.1. The molecule has 2 rings (SSSR count). The molecule has 3 N–H and O–H groups in total. The number of amides is 2. The Bertz CT molecular complexity index is 873. The Hall–Kier alpha value is -3.73. The maximum atomic E-state index is 12.3. The number of benzene rings is 2. The second-order valence-electron chi connectivity index (χ2n) is 5.21. The molecule has 126 valence electrons. The first kappa shape index (κ1) is 17.6. The van der Waals surface area contributed by atoms with E-state index in [0.717, 1.165) is 6.07 Å². The number of hydrogen-bond donors (Lipinski definition) is 2. The van der Waals surface area contributed by atoms with E-state index in [2.05, 4.69) is 5.32 Å². The molecule has 2 aromatic rings. The predicted molar refractivity (Wildman–Crippen MR) is 88.4 cm³/mol. The fourth-order valence-electron chi connectivity index (χ4n) is 2.25. The summed E-state index contributed by atoms with van der Waals surface area (Å²) in [7, 11) is 0. The molecule has 0 aromatic heterocycles. The third kappa shape index (κ3) is 4.39. The Balaban J connectivity index is 2.20. The molecule has 0 radical (unpaired) electrons. The van der Waals surface area contributed by atoms with Gasteiger partial charge in [-0.15, -0.1) is 0 Å². The molecule has 25 heavy (non-hydrogen) atoms. The summed E-state index contributed by atoms with van der Waals surface area (Å²) in [6.07, 6.45) is 0.0414. The summed E-state index contributed by atoms with van der Waals surface area (Å²) in [5.74, 6) is -1.44. The smallest absolute Gasteiger partial charge is 0.270 e. The molecule has 0 saturated carbocycles. The standard InChI is InChI=1S/C17H14N4O4/c18-10-13-5-2-1-4-11(13)9-15(16(19)22)20-17(23)12-6-3-7-14(8-12)21(24)25/h1-8,15H,9H2,(H2,19,22)(H,20,23)/t15-/m0/s1. The molecule has 0 spiro atoms. The van der Waals surface area contributed by atoms with Crippen molar-refractivity contribution in [2.24, 2.45) is 5.73 Å². The summed E-state index contributed by atoms with van der Waals surface area (Å²) in [5, 5.41) is 22.3. The SMILES string of the molecule is N#Cc1ccccc1C[C@H](NC(=O)c1cccc([N+](=O)[O-])c1)C(N)=O. The van der Waals surface area contributed by atoms with Crippen molar-refractivity contribution in [3.05, 3.63) is 75.3 Å². The number of nitro groups is 1. The quantitative estimate of drug-likeness (QED) is 0.603. The van der Waals surface area contributed by atoms with Gasteiger partial charge in [-0.2, -0.15) is 5.26 Å². The van der Waals surface area contributed by atoms with E-state index in [-0.39, 0.29) is 17.7 Å². The van der Waals surface area contributed by atoms with Gasteiger partial charge in [-0.25, -0.2) is 0 Å². The lowest BCUT2D eigenvalue weighted by Gasteiger charge is -2.16. The van der Waals surface area contributed by atoms with Crippen molar-refractivity contribution >= 4 is 17.5 Å². The highest BCUT2D eigenvalue weighted by atomic mass is 16.6. The van der Waals surface area contributed by atoms with Crippen LogP contribution in [0.3, 0.4) is 0 Å². The van der Waals surface area contributed by atoms with Crippen molar-refractivity contribution < 1.29 is 14.5 Å². The molecule has 8 heteroatoms. The van der Waals surface area contributed by atoms with Crippen LogP contribution in [-0.4, -0.2) is 22.8 Å². The van der Waals surface area contributed by atoms with Crippen LogP contribution in [0.25, 0.3) is 0 Å². The number of nitrogens with two attached hydrogens (primary N) is 1. The molecule has 1 atom stereocenters. The number of nitriles is 1. The third-order valence-electron chi connectivity index (χ3n) is 3.53. The number of primary amides is 1. The van der Waals surface area contributed by atoms with Crippen molar-refractivity contribution in [1.29, 1.82) is 5.26 Å². The van der Waals surface area contributed by atoms with Crippen molar-refractivity contribution in [2.75, 3.05) is 0 Å². The average Bonchev–Trinajstić information content (AvgIpc) is 2.61. The predicted octanol–water partition coefficient (Wildman–Crippen LogP) is 1.29. The summed E-state index contributed by atoms with van der Waals surface area (Å²) < 4.78 is 0. The number of rotatable bonds is 6. The van der Waals surface area contributed by atoms with Gasteiger partial charge in [0.05, 0.1) is 16.6 Å². The van der Waals surface area contributed by atoms with E-state index in [4.69, 9.17) is 11.0 Å². The molecular formula is C17H14N4O4. The van der Waals surface area contributed by atoms with Crippen LogP contribution in [0.2, 0.25) is 0 Å². The Morgan fingerprint density at radius 3 is 2.60 bits per heavy atom. The lowest BCUT2D eigenvalue weighted by molar-refractivity contribution is -0.384. The zero-order chi connectivity index (χ0) is 18.4. The minimum absolute atomic E-state index is 0.0361. The van der Waals surface area contributed by atoms with E-state index in [0.29, 0.717) is 11.1 Å². The fourth-order valence-corrected chi connectivity index (χ4v) is 2.25. The van der Waals surface area contributed by atoms with Gasteiger partial charge >= 0.3 is 0 Å². The molecule has 0 bridgehead atoms. The van der Waals surface area contributed by atoms with Gasteiger partial charge < -0.3 is 11.1 Å². The van der Waals surface area contributed by atoms with E-state index in [1.165, 1.54) is 18.2 Å². The topological polar surface area (TPSA) is 139 Å². The van der Waals surface area contributed by atoms with Crippen LogP contribution < -0.4 is 11.1 Å². The van der Waals surface area contributed by atoms with Gasteiger partial charge in [-0.1, -0.05) is 24.3 Å². The van der Waals surface area contributed by atoms with Crippen molar-refractivity contribution in [3.8, 4) is 6.07 Å². The summed E-state index contributed by atoms with van der Waals surface area (Å²) >= 11 is 0. The number of hydrogen-bond acceptors (Lipinski definition) is 5. The highest BCUT2D eigenvalue weighted by Gasteiger charge is 2.21. The molecule has 0 aliphatic heterocycles. The minimum Gasteiger partial charge on any atom is -0.368 e. The summed E-state index contributed by atoms with van der Waals surface area (Å²) in [6, 6.07) is 12.7. The first-order valence-corrected chi connectivity index (χ1v) is 7.25. The van der Waals surface area contributed by atoms with Crippen LogP contribution in [0.15, 0.2) is 48.5 Å². The maximum absolute atomic E-state index is 12.3. The van der Waals surface area contributed by atoms with Crippen LogP contribution in [0.5, 0.6) is 0 Å². The van der Waals surface area contributed by atoms with Crippen molar-refractivity contribution in [3.63, 3.8) is 0 Å². The monoisotopic (exact) mass is 338 g/mol. The molecule has 8 nitrogen and oxygen atoms in total. The van der Waals surface area contributed by atoms with Crippen LogP contribution in [0.1, 0.15) is 21.5 Å². The zero-order valence-electron chi connectivity index (χ0n) is 13.0. The molecular weight excluding hydrogens is 324 g/mol. The van der Waals surface area contributed by atoms with Gasteiger partial charge in [0.2, 0.25) is 5.91 Å². The van der Waals surface area contributed by atoms with E-state index in [1.54, 1.807) is 24.3 Å². The number of carbonyl (C=O) groups excluding carboxylic acids is 2. The largest absolute Gasteiger partial charge is 0.368 e. The van der Waals surface area contributed by atoms with Crippen LogP contribution >= 0.6 is 0 Å². The van der Waals surface area contributed by atoms with Gasteiger partial charge in [0.15, 0.2) is 0 Å². The van der Waals surface area contributed by atoms with Crippen LogP contribution in [-0.2, 0) is 11.2 Å². The molecule has 0 fully saturated rings. The highest BCUT2D eigenvalue weighted by molar-refractivity contribution is 5.97. The maximum Gasteiger partial charge on any atom is 0.270 e. The minimum atomic E-state index is -1.05. The molecule has 0 aliphatic carbocycles. The molecule has 0 saturated heterocycles. The van der Waals surface area contributed by atoms with Crippen molar-refractivity contribution in [2.45, 2.75) is 12.5 Å². The number of nitrogens with zero attached hydrogens (tertiary/aromatic N) is 2. The van der Waals surface area contributed by atoms with E-state index >= 15 is 0 Å². The second-order valence-corrected chi connectivity index (χ2v) is 5.21. The number of nitrogens with one attached hydrogen (secondary N) is 1. The lowest BCUT2D eigenvalue weighted by Crippen LogP contribution is -2.46. The van der Waals surface area contributed by atoms with Gasteiger partial charge in [0, 0.05) is 24.1 Å². The first-order chi connectivity index (χ1) is 11.9. The number of carbonyl (C=O) groups is 2. The third-order valence-corrected chi connectivity index (χ3v) is 3.53. The lowest BCUT2D eigenvalue weighted by atomic mass is 10.00. The Morgan fingerprint density at radius 1 is 1.24 bits per heavy atom. The number of non-ortho nitro benzene ring substituents is 1. The highest BCUT2D eigenvalue weighted by Crippen LogP contribution is 2.14. The Morgan fingerprint density at radius 2 is 1.96 bits per heavy atom. The summed E-state index contributed by atoms with van der Waals surface area (Å²) in [5.41, 5.74) is 6.07. The Kier molecular flexibility index (Phi) is 5.43. The fraction of sp³-hybridized carbons (Fsp3) is 0.118. The van der Waals surface area contributed by atoms with Gasteiger partial charge in [0.1, 0.15) is 6.04 Å². The average molecular weight is 338 g/mol. The normalized spacial score (nSPS) is 11.2. The molecule has 2 aromatic carbocycles. The first-order valence-electron chi connectivity index (χ1n) is 7.25. The molecule has 2 amide bonds. The van der Waals surface area contributed by atoms with Gasteiger partial charge in [-0.3, -0.25) is 19.7 Å². The summed E-state index contributed by atoms with van der Waals surface area (Å²) in [6.45, 7) is 0.